The van der Waals surface area contributed by atoms with E-state index in [-0.39, 0.29) is 0 Å². The molecular formula is C43H30O3. The molecule has 2 atom stereocenters. The summed E-state index contributed by atoms with van der Waals surface area (Å²) >= 11 is 0. The van der Waals surface area contributed by atoms with Crippen molar-refractivity contribution in [1.29, 1.82) is 0 Å². The maximum absolute atomic E-state index is 6.83. The van der Waals surface area contributed by atoms with Crippen molar-refractivity contribution in [2.75, 3.05) is 0 Å². The van der Waals surface area contributed by atoms with Crippen LogP contribution in [0.5, 0.6) is 23.0 Å². The lowest BCUT2D eigenvalue weighted by Crippen LogP contribution is -2.36. The van der Waals surface area contributed by atoms with Gasteiger partial charge in [-0.2, -0.15) is 0 Å². The highest BCUT2D eigenvalue weighted by Gasteiger charge is 2.50. The lowest BCUT2D eigenvalue weighted by Gasteiger charge is -2.45. The van der Waals surface area contributed by atoms with Crippen LogP contribution in [0.1, 0.15) is 63.5 Å². The van der Waals surface area contributed by atoms with Gasteiger partial charge in [-0.3, -0.25) is 0 Å². The van der Waals surface area contributed by atoms with E-state index in [1.165, 1.54) is 16.7 Å². The van der Waals surface area contributed by atoms with Crippen molar-refractivity contribution in [3.63, 3.8) is 0 Å². The Labute approximate surface area is 267 Å². The summed E-state index contributed by atoms with van der Waals surface area (Å²) in [5.41, 5.74) is 9.64. The van der Waals surface area contributed by atoms with E-state index >= 15 is 0 Å². The number of aryl methyl sites for hydroxylation is 1. The molecule has 3 heterocycles. The lowest BCUT2D eigenvalue weighted by molar-refractivity contribution is 0.399. The van der Waals surface area contributed by atoms with Gasteiger partial charge in [-0.1, -0.05) is 109 Å². The zero-order chi connectivity index (χ0) is 30.2. The van der Waals surface area contributed by atoms with Crippen LogP contribution in [0.2, 0.25) is 0 Å². The first-order valence-corrected chi connectivity index (χ1v) is 16.2. The van der Waals surface area contributed by atoms with Crippen molar-refractivity contribution in [3.8, 4) is 23.0 Å². The summed E-state index contributed by atoms with van der Waals surface area (Å²) in [4.78, 5) is 0. The molecule has 220 valence electrons. The van der Waals surface area contributed by atoms with Gasteiger partial charge in [-0.25, -0.2) is 0 Å². The van der Waals surface area contributed by atoms with Gasteiger partial charge in [-0.15, -0.1) is 0 Å². The fraction of sp³-hybridized carbons (Fsp3) is 0.116. The molecule has 0 radical (unpaired) electrons. The highest BCUT2D eigenvalue weighted by molar-refractivity contribution is 5.98. The minimum atomic E-state index is -0.609. The third-order valence-electron chi connectivity index (χ3n) is 10.2. The molecule has 1 aromatic heterocycles. The SMILES string of the molecule is C1=CCC(c2ccc3c(c2)Oc2ccccc2C32c3ccccc3Oc3cc(C4=CCCc5oc6ccccc6c54)ccc32)C=C1. The number of benzene rings is 5. The summed E-state index contributed by atoms with van der Waals surface area (Å²) in [6.45, 7) is 0. The third-order valence-corrected chi connectivity index (χ3v) is 10.2. The third kappa shape index (κ3) is 3.54. The summed E-state index contributed by atoms with van der Waals surface area (Å²) in [7, 11) is 0. The molecular weight excluding hydrogens is 564 g/mol. The molecule has 46 heavy (non-hydrogen) atoms. The number of para-hydroxylation sites is 3. The molecule has 2 unspecified atom stereocenters. The Morgan fingerprint density at radius 3 is 2.11 bits per heavy atom. The summed E-state index contributed by atoms with van der Waals surface area (Å²) in [5, 5.41) is 1.16. The molecule has 4 aliphatic rings. The number of ether oxygens (including phenoxy) is 2. The van der Waals surface area contributed by atoms with Gasteiger partial charge in [0, 0.05) is 45.5 Å². The molecule has 10 rings (SSSR count). The molecule has 0 fully saturated rings. The quantitative estimate of drug-likeness (QED) is 0.200. The molecule has 0 amide bonds. The summed E-state index contributed by atoms with van der Waals surface area (Å²) < 4.78 is 19.9. The first-order chi connectivity index (χ1) is 22.8. The largest absolute Gasteiger partial charge is 0.460 e. The van der Waals surface area contributed by atoms with Crippen LogP contribution >= 0.6 is 0 Å². The maximum Gasteiger partial charge on any atom is 0.134 e. The van der Waals surface area contributed by atoms with Crippen molar-refractivity contribution in [3.05, 3.63) is 184 Å². The molecule has 3 nitrogen and oxygen atoms in total. The highest BCUT2D eigenvalue weighted by atomic mass is 16.5. The van der Waals surface area contributed by atoms with Gasteiger partial charge in [0.2, 0.25) is 0 Å². The Morgan fingerprint density at radius 1 is 0.630 bits per heavy atom. The smallest absolute Gasteiger partial charge is 0.134 e. The monoisotopic (exact) mass is 594 g/mol. The van der Waals surface area contributed by atoms with Crippen LogP contribution in [-0.2, 0) is 11.8 Å². The van der Waals surface area contributed by atoms with E-state index in [2.05, 4.69) is 134 Å². The second kappa shape index (κ2) is 9.73. The first-order valence-electron chi connectivity index (χ1n) is 16.2. The summed E-state index contributed by atoms with van der Waals surface area (Å²) in [6, 6.07) is 39.0. The average Bonchev–Trinajstić information content (AvgIpc) is 3.50. The van der Waals surface area contributed by atoms with E-state index in [1.54, 1.807) is 0 Å². The maximum atomic E-state index is 6.83. The number of furan rings is 1. The van der Waals surface area contributed by atoms with Crippen LogP contribution in [-0.4, -0.2) is 0 Å². The number of hydrogen-bond acceptors (Lipinski definition) is 3. The van der Waals surface area contributed by atoms with Gasteiger partial charge in [0.05, 0.1) is 5.41 Å². The van der Waals surface area contributed by atoms with Gasteiger partial charge in [0.25, 0.3) is 0 Å². The van der Waals surface area contributed by atoms with E-state index in [0.717, 1.165) is 86.8 Å². The molecule has 0 saturated heterocycles. The molecule has 0 bridgehead atoms. The van der Waals surface area contributed by atoms with Crippen LogP contribution < -0.4 is 9.47 Å². The van der Waals surface area contributed by atoms with Crippen LogP contribution in [0.4, 0.5) is 0 Å². The number of allylic oxidation sites excluding steroid dienone is 5. The normalized spacial score (nSPS) is 20.1. The Kier molecular flexibility index (Phi) is 5.45. The van der Waals surface area contributed by atoms with Gasteiger partial charge in [0.15, 0.2) is 0 Å². The predicted octanol–water partition coefficient (Wildman–Crippen LogP) is 11.0. The molecule has 3 heteroatoms. The molecule has 0 N–H and O–H groups in total. The first kappa shape index (κ1) is 25.8. The van der Waals surface area contributed by atoms with Gasteiger partial charge in [-0.05, 0) is 59.9 Å². The van der Waals surface area contributed by atoms with Crippen molar-refractivity contribution in [2.45, 2.75) is 30.6 Å². The second-order valence-electron chi connectivity index (χ2n) is 12.6. The van der Waals surface area contributed by atoms with Gasteiger partial charge >= 0.3 is 0 Å². The van der Waals surface area contributed by atoms with Crippen molar-refractivity contribution in [1.82, 2.24) is 0 Å². The zero-order valence-corrected chi connectivity index (χ0v) is 25.2. The molecule has 6 aromatic rings. The molecule has 5 aromatic carbocycles. The molecule has 0 saturated carbocycles. The number of fused-ring (bicyclic) bond motifs is 11. The van der Waals surface area contributed by atoms with E-state index in [9.17, 15) is 0 Å². The fourth-order valence-corrected chi connectivity index (χ4v) is 8.19. The van der Waals surface area contributed by atoms with Crippen LogP contribution in [0.3, 0.4) is 0 Å². The minimum absolute atomic E-state index is 0.330. The van der Waals surface area contributed by atoms with Crippen LogP contribution in [0, 0.1) is 0 Å². The van der Waals surface area contributed by atoms with Gasteiger partial charge < -0.3 is 13.9 Å². The van der Waals surface area contributed by atoms with E-state index in [0.29, 0.717) is 5.92 Å². The number of rotatable bonds is 2. The summed E-state index contributed by atoms with van der Waals surface area (Å²) in [5.74, 6) is 4.90. The van der Waals surface area contributed by atoms with Crippen molar-refractivity contribution < 1.29 is 13.9 Å². The van der Waals surface area contributed by atoms with Crippen LogP contribution in [0.15, 0.2) is 144 Å². The zero-order valence-electron chi connectivity index (χ0n) is 25.2. The second-order valence-corrected chi connectivity index (χ2v) is 12.6. The van der Waals surface area contributed by atoms with E-state index in [4.69, 9.17) is 13.9 Å². The number of hydrogen-bond donors (Lipinski definition) is 0. The van der Waals surface area contributed by atoms with Gasteiger partial charge in [0.1, 0.15) is 34.3 Å². The highest BCUT2D eigenvalue weighted by Crippen LogP contribution is 2.62. The van der Waals surface area contributed by atoms with Crippen molar-refractivity contribution in [2.24, 2.45) is 0 Å². The standard InChI is InChI=1S/C43H30O3/c1-2-11-27(12-3-1)28-21-23-34-40(25-28)45-37-18-8-5-15-32(37)43(34)33-16-6-9-19-38(33)46-41-26-29(22-24-35(41)43)30-14-10-20-39-42(30)31-13-4-7-17-36(31)44-39/h1-9,11,13-19,21-27H,10,12,20H2. The Balaban J connectivity index is 1.21. The van der Waals surface area contributed by atoms with Crippen LogP contribution in [0.25, 0.3) is 16.5 Å². The average molecular weight is 595 g/mol. The fourth-order valence-electron chi connectivity index (χ4n) is 8.19. The van der Waals surface area contributed by atoms with Crippen molar-refractivity contribution >= 4 is 16.5 Å². The molecule has 1 spiro atoms. The van der Waals surface area contributed by atoms with E-state index < -0.39 is 5.41 Å². The summed E-state index contributed by atoms with van der Waals surface area (Å²) in [6.07, 6.45) is 14.0. The molecule has 2 aliphatic heterocycles. The minimum Gasteiger partial charge on any atom is -0.460 e. The predicted molar refractivity (Wildman–Crippen MR) is 182 cm³/mol. The topological polar surface area (TPSA) is 31.6 Å². The van der Waals surface area contributed by atoms with E-state index in [1.807, 2.05) is 6.07 Å². The Hall–Kier alpha value is -5.54. The Morgan fingerprint density at radius 2 is 1.33 bits per heavy atom. The molecule has 2 aliphatic carbocycles. The Bertz CT molecular complexity index is 2300. The lowest BCUT2D eigenvalue weighted by atomic mass is 9.62.